The molecule has 0 aliphatic carbocycles. The van der Waals surface area contributed by atoms with Crippen molar-refractivity contribution in [1.82, 2.24) is 9.55 Å². The van der Waals surface area contributed by atoms with Crippen LogP contribution in [0.15, 0.2) is 68.6 Å². The van der Waals surface area contributed by atoms with E-state index >= 15 is 0 Å². The summed E-state index contributed by atoms with van der Waals surface area (Å²) in [6.07, 6.45) is 1.27. The first-order valence-electron chi connectivity index (χ1n) is 8.68. The van der Waals surface area contributed by atoms with Crippen molar-refractivity contribution in [3.05, 3.63) is 86.6 Å². The van der Waals surface area contributed by atoms with E-state index in [4.69, 9.17) is 4.42 Å². The molecule has 0 radical (unpaired) electrons. The Kier molecular flexibility index (Phi) is 4.13. The van der Waals surface area contributed by atoms with Gasteiger partial charge in [-0.1, -0.05) is 49.4 Å². The third kappa shape index (κ3) is 2.71. The topological polar surface area (TPSA) is 65.1 Å². The lowest BCUT2D eigenvalue weighted by Crippen LogP contribution is -2.29. The first-order chi connectivity index (χ1) is 12.7. The number of hydrogen-bond donors (Lipinski definition) is 0. The number of para-hydroxylation sites is 1. The molecule has 5 nitrogen and oxygen atoms in total. The molecule has 0 aliphatic heterocycles. The van der Waals surface area contributed by atoms with E-state index in [-0.39, 0.29) is 22.1 Å². The summed E-state index contributed by atoms with van der Waals surface area (Å²) in [4.78, 5) is 30.4. The molecule has 4 rings (SSSR count). The lowest BCUT2D eigenvalue weighted by atomic mass is 10.1. The number of benzene rings is 2. The van der Waals surface area contributed by atoms with Gasteiger partial charge in [-0.05, 0) is 24.1 Å². The van der Waals surface area contributed by atoms with Gasteiger partial charge in [0.1, 0.15) is 11.4 Å². The van der Waals surface area contributed by atoms with Gasteiger partial charge in [-0.3, -0.25) is 14.2 Å². The zero-order chi connectivity index (χ0) is 18.1. The minimum Gasteiger partial charge on any atom is -0.437 e. The summed E-state index contributed by atoms with van der Waals surface area (Å²) in [7, 11) is 0. The summed E-state index contributed by atoms with van der Waals surface area (Å²) < 4.78 is 7.34. The Morgan fingerprint density at radius 2 is 1.73 bits per heavy atom. The van der Waals surface area contributed by atoms with Crippen molar-refractivity contribution >= 4 is 22.1 Å². The van der Waals surface area contributed by atoms with Crippen LogP contribution < -0.4 is 11.0 Å². The molecule has 0 N–H and O–H groups in total. The second-order valence-electron chi connectivity index (χ2n) is 6.18. The van der Waals surface area contributed by atoms with Crippen LogP contribution in [0.3, 0.4) is 0 Å². The maximum Gasteiger partial charge on any atom is 0.268 e. The highest BCUT2D eigenvalue weighted by Crippen LogP contribution is 2.15. The van der Waals surface area contributed by atoms with E-state index in [9.17, 15) is 9.59 Å². The van der Waals surface area contributed by atoms with Crippen LogP contribution in [0.25, 0.3) is 22.1 Å². The van der Waals surface area contributed by atoms with Gasteiger partial charge >= 0.3 is 0 Å². The Balaban J connectivity index is 1.91. The van der Waals surface area contributed by atoms with Crippen molar-refractivity contribution in [2.24, 2.45) is 0 Å². The monoisotopic (exact) mass is 346 g/mol. The molecule has 0 saturated heterocycles. The van der Waals surface area contributed by atoms with Crippen molar-refractivity contribution in [1.29, 1.82) is 0 Å². The van der Waals surface area contributed by atoms with Crippen LogP contribution in [0.4, 0.5) is 0 Å². The minimum atomic E-state index is -0.331. The third-order valence-electron chi connectivity index (χ3n) is 4.56. The van der Waals surface area contributed by atoms with E-state index < -0.39 is 0 Å². The van der Waals surface area contributed by atoms with Gasteiger partial charge < -0.3 is 4.42 Å². The Labute approximate surface area is 149 Å². The quantitative estimate of drug-likeness (QED) is 0.532. The summed E-state index contributed by atoms with van der Waals surface area (Å²) in [6, 6.07) is 16.9. The van der Waals surface area contributed by atoms with Crippen LogP contribution in [0, 0.1) is 0 Å². The molecule has 2 aromatic heterocycles. The largest absolute Gasteiger partial charge is 0.437 e. The van der Waals surface area contributed by atoms with Crippen molar-refractivity contribution in [2.45, 2.75) is 26.3 Å². The van der Waals surface area contributed by atoms with Gasteiger partial charge in [0.05, 0.1) is 5.39 Å². The fourth-order valence-corrected chi connectivity index (χ4v) is 3.21. The molecule has 0 amide bonds. The SMILES string of the molecule is CCc1nc2oc3ccccc3c(=O)c2c(=O)n1CCc1ccccc1. The highest BCUT2D eigenvalue weighted by atomic mass is 16.3. The average molecular weight is 346 g/mol. The summed E-state index contributed by atoms with van der Waals surface area (Å²) in [6.45, 7) is 2.41. The van der Waals surface area contributed by atoms with E-state index in [0.29, 0.717) is 36.2 Å². The van der Waals surface area contributed by atoms with E-state index in [1.807, 2.05) is 37.3 Å². The van der Waals surface area contributed by atoms with Crippen molar-refractivity contribution in [3.8, 4) is 0 Å². The Morgan fingerprint density at radius 1 is 1.00 bits per heavy atom. The molecule has 2 aromatic carbocycles. The number of aryl methyl sites for hydroxylation is 2. The maximum absolute atomic E-state index is 13.1. The first-order valence-corrected chi connectivity index (χ1v) is 8.68. The number of hydrogen-bond acceptors (Lipinski definition) is 4. The lowest BCUT2D eigenvalue weighted by Gasteiger charge is -2.12. The summed E-state index contributed by atoms with van der Waals surface area (Å²) >= 11 is 0. The van der Waals surface area contributed by atoms with Gasteiger partial charge in [0, 0.05) is 13.0 Å². The lowest BCUT2D eigenvalue weighted by molar-refractivity contribution is 0.592. The number of fused-ring (bicyclic) bond motifs is 2. The molecule has 0 atom stereocenters. The molecule has 0 fully saturated rings. The van der Waals surface area contributed by atoms with E-state index in [1.54, 1.807) is 28.8 Å². The van der Waals surface area contributed by atoms with E-state index in [2.05, 4.69) is 4.98 Å². The molecule has 5 heteroatoms. The van der Waals surface area contributed by atoms with Crippen LogP contribution >= 0.6 is 0 Å². The highest BCUT2D eigenvalue weighted by Gasteiger charge is 2.16. The second kappa shape index (κ2) is 6.59. The van der Waals surface area contributed by atoms with Gasteiger partial charge in [-0.2, -0.15) is 4.98 Å². The molecular weight excluding hydrogens is 328 g/mol. The number of aromatic nitrogens is 2. The second-order valence-corrected chi connectivity index (χ2v) is 6.18. The van der Waals surface area contributed by atoms with E-state index in [1.165, 1.54) is 0 Å². The number of nitrogens with zero attached hydrogens (tertiary/aromatic N) is 2. The fourth-order valence-electron chi connectivity index (χ4n) is 3.21. The zero-order valence-corrected chi connectivity index (χ0v) is 14.4. The smallest absolute Gasteiger partial charge is 0.268 e. The summed E-state index contributed by atoms with van der Waals surface area (Å²) in [5.41, 5.74) is 1.04. The zero-order valence-electron chi connectivity index (χ0n) is 14.4. The third-order valence-corrected chi connectivity index (χ3v) is 4.56. The molecule has 4 aromatic rings. The van der Waals surface area contributed by atoms with Crippen molar-refractivity contribution in [3.63, 3.8) is 0 Å². The molecule has 0 spiro atoms. The minimum absolute atomic E-state index is 0.0222. The van der Waals surface area contributed by atoms with Crippen LogP contribution in [0.1, 0.15) is 18.3 Å². The molecule has 130 valence electrons. The van der Waals surface area contributed by atoms with Gasteiger partial charge in [-0.15, -0.1) is 0 Å². The van der Waals surface area contributed by atoms with Crippen molar-refractivity contribution in [2.75, 3.05) is 0 Å². The molecule has 0 unspecified atom stereocenters. The van der Waals surface area contributed by atoms with Gasteiger partial charge in [0.15, 0.2) is 5.39 Å². The van der Waals surface area contributed by atoms with Crippen LogP contribution in [-0.4, -0.2) is 9.55 Å². The highest BCUT2D eigenvalue weighted by molar-refractivity contribution is 5.87. The maximum atomic E-state index is 13.1. The Bertz CT molecular complexity index is 1210. The Hall–Kier alpha value is -3.21. The summed E-state index contributed by atoms with van der Waals surface area (Å²) in [5.74, 6) is 0.622. The average Bonchev–Trinajstić information content (AvgIpc) is 2.67. The fraction of sp³-hybridized carbons (Fsp3) is 0.190. The predicted molar refractivity (Wildman–Crippen MR) is 102 cm³/mol. The van der Waals surface area contributed by atoms with Gasteiger partial charge in [0.2, 0.25) is 11.1 Å². The van der Waals surface area contributed by atoms with Gasteiger partial charge in [-0.25, -0.2) is 0 Å². The van der Waals surface area contributed by atoms with Crippen LogP contribution in [0.5, 0.6) is 0 Å². The Morgan fingerprint density at radius 3 is 2.50 bits per heavy atom. The first kappa shape index (κ1) is 16.3. The molecule has 0 aliphatic rings. The molecule has 0 saturated carbocycles. The molecule has 26 heavy (non-hydrogen) atoms. The predicted octanol–water partition coefficient (Wildman–Crippen LogP) is 3.31. The van der Waals surface area contributed by atoms with Crippen molar-refractivity contribution < 1.29 is 4.42 Å². The van der Waals surface area contributed by atoms with Gasteiger partial charge in [0.25, 0.3) is 5.56 Å². The molecule has 2 heterocycles. The van der Waals surface area contributed by atoms with Crippen LogP contribution in [0.2, 0.25) is 0 Å². The summed E-state index contributed by atoms with van der Waals surface area (Å²) in [5, 5.41) is 0.423. The standard InChI is InChI=1S/C21H18N2O3/c1-2-17-22-20-18(19(24)15-10-6-7-11-16(15)26-20)21(25)23(17)13-12-14-8-4-3-5-9-14/h3-11H,2,12-13H2,1H3. The van der Waals surface area contributed by atoms with Crippen LogP contribution in [-0.2, 0) is 19.4 Å². The van der Waals surface area contributed by atoms with E-state index in [0.717, 1.165) is 5.56 Å². The number of rotatable bonds is 4. The molecular formula is C21H18N2O3. The normalized spacial score (nSPS) is 11.3. The molecule has 0 bridgehead atoms.